The first kappa shape index (κ1) is 16.5. The molecule has 0 fully saturated rings. The Bertz CT molecular complexity index is 1090. The number of aromatic amines is 2. The monoisotopic (exact) mass is 350 g/mol. The summed E-state index contributed by atoms with van der Waals surface area (Å²) in [7, 11) is 0. The van der Waals surface area contributed by atoms with Crippen molar-refractivity contribution < 1.29 is 10.2 Å². The molecule has 8 N–H and O–H groups in total. The van der Waals surface area contributed by atoms with Gasteiger partial charge in [0.2, 0.25) is 0 Å². The first-order valence-corrected chi connectivity index (χ1v) is 8.70. The number of fused-ring (bicyclic) bond motifs is 2. The van der Waals surface area contributed by atoms with Crippen LogP contribution in [0.5, 0.6) is 11.5 Å². The molecule has 4 rings (SSSR count). The van der Waals surface area contributed by atoms with Crippen LogP contribution < -0.4 is 11.5 Å². The molecule has 0 spiro atoms. The van der Waals surface area contributed by atoms with Crippen molar-refractivity contribution in [1.29, 1.82) is 0 Å². The number of H-pyrrole nitrogens is 2. The van der Waals surface area contributed by atoms with Gasteiger partial charge in [0.15, 0.2) is 0 Å². The Balaban J connectivity index is 2.08. The largest absolute Gasteiger partial charge is 0.508 e. The second-order valence-electron chi connectivity index (χ2n) is 6.48. The summed E-state index contributed by atoms with van der Waals surface area (Å²) < 4.78 is 0. The van der Waals surface area contributed by atoms with Crippen molar-refractivity contribution in [3.05, 3.63) is 47.7 Å². The first-order valence-electron chi connectivity index (χ1n) is 8.70. The van der Waals surface area contributed by atoms with Crippen molar-refractivity contribution in [2.75, 3.05) is 13.1 Å². The number of benzene rings is 2. The fourth-order valence-corrected chi connectivity index (χ4v) is 3.74. The molecular formula is C20H22N4O2. The normalized spacial score (nSPS) is 11.6. The summed E-state index contributed by atoms with van der Waals surface area (Å²) in [6.45, 7) is 0.993. The Morgan fingerprint density at radius 1 is 0.923 bits per heavy atom. The summed E-state index contributed by atoms with van der Waals surface area (Å²) in [4.78, 5) is 6.67. The maximum Gasteiger partial charge on any atom is 0.125 e. The van der Waals surface area contributed by atoms with E-state index in [0.29, 0.717) is 25.9 Å². The molecule has 0 amide bonds. The molecule has 0 saturated carbocycles. The molecule has 0 aliphatic carbocycles. The molecule has 6 heteroatoms. The van der Waals surface area contributed by atoms with Gasteiger partial charge in [-0.15, -0.1) is 0 Å². The molecule has 0 radical (unpaired) electrons. The average molecular weight is 350 g/mol. The lowest BCUT2D eigenvalue weighted by Crippen LogP contribution is -2.04. The molecule has 2 aromatic carbocycles. The third-order valence-corrected chi connectivity index (χ3v) is 4.85. The van der Waals surface area contributed by atoms with Crippen molar-refractivity contribution in [3.8, 4) is 22.8 Å². The zero-order valence-corrected chi connectivity index (χ0v) is 14.3. The van der Waals surface area contributed by atoms with Gasteiger partial charge in [0.05, 0.1) is 5.69 Å². The Morgan fingerprint density at radius 2 is 1.69 bits per heavy atom. The van der Waals surface area contributed by atoms with Gasteiger partial charge in [0.25, 0.3) is 0 Å². The summed E-state index contributed by atoms with van der Waals surface area (Å²) in [5.41, 5.74) is 17.1. The number of aromatic hydroxyl groups is 2. The van der Waals surface area contributed by atoms with Gasteiger partial charge in [-0.05, 0) is 67.4 Å². The highest BCUT2D eigenvalue weighted by Crippen LogP contribution is 2.42. The Hall–Kier alpha value is -2.96. The fraction of sp³-hybridized carbons (Fsp3) is 0.200. The predicted molar refractivity (Wildman–Crippen MR) is 104 cm³/mol. The van der Waals surface area contributed by atoms with Crippen LogP contribution in [0, 0.1) is 0 Å². The van der Waals surface area contributed by atoms with Crippen LogP contribution in [0.3, 0.4) is 0 Å². The Morgan fingerprint density at radius 3 is 2.46 bits per heavy atom. The van der Waals surface area contributed by atoms with E-state index in [-0.39, 0.29) is 11.5 Å². The number of hydrogen-bond acceptors (Lipinski definition) is 4. The number of nitrogens with two attached hydrogens (primary N) is 2. The van der Waals surface area contributed by atoms with Crippen molar-refractivity contribution in [1.82, 2.24) is 9.97 Å². The lowest BCUT2D eigenvalue weighted by Gasteiger charge is -2.10. The molecule has 0 aliphatic heterocycles. The summed E-state index contributed by atoms with van der Waals surface area (Å²) in [5.74, 6) is 0.402. The smallest absolute Gasteiger partial charge is 0.125 e. The number of phenols is 2. The minimum atomic E-state index is 0.199. The van der Waals surface area contributed by atoms with E-state index in [9.17, 15) is 10.2 Å². The van der Waals surface area contributed by atoms with Gasteiger partial charge >= 0.3 is 0 Å². The second kappa shape index (κ2) is 6.40. The number of phenolic OH excluding ortho intramolecular Hbond substituents is 2. The second-order valence-corrected chi connectivity index (χ2v) is 6.48. The maximum atomic E-state index is 10.7. The number of nitrogens with one attached hydrogen (secondary N) is 2. The van der Waals surface area contributed by atoms with Crippen LogP contribution in [0.2, 0.25) is 0 Å². The summed E-state index contributed by atoms with van der Waals surface area (Å²) >= 11 is 0. The third kappa shape index (κ3) is 2.51. The van der Waals surface area contributed by atoms with E-state index < -0.39 is 0 Å². The van der Waals surface area contributed by atoms with Gasteiger partial charge in [-0.25, -0.2) is 0 Å². The molecule has 0 atom stereocenters. The van der Waals surface area contributed by atoms with Crippen molar-refractivity contribution >= 4 is 21.8 Å². The molecule has 2 aromatic heterocycles. The minimum Gasteiger partial charge on any atom is -0.508 e. The standard InChI is InChI=1S/C20H22N4O2/c21-7-5-11-10-23-16-3-4-17(26)19(18(11)16)20-13(6-8-22)14-9-12(25)1-2-15(14)24-20/h1-4,9-10,23-26H,5-8,21-22H2. The van der Waals surface area contributed by atoms with Crippen molar-refractivity contribution in [2.24, 2.45) is 11.5 Å². The van der Waals surface area contributed by atoms with E-state index in [2.05, 4.69) is 9.97 Å². The number of rotatable bonds is 5. The van der Waals surface area contributed by atoms with Crippen LogP contribution in [-0.4, -0.2) is 33.3 Å². The highest BCUT2D eigenvalue weighted by atomic mass is 16.3. The number of aromatic nitrogens is 2. The molecule has 4 aromatic rings. The lowest BCUT2D eigenvalue weighted by atomic mass is 9.96. The predicted octanol–water partition coefficient (Wildman–Crippen LogP) is 2.73. The van der Waals surface area contributed by atoms with E-state index in [1.165, 1.54) is 0 Å². The van der Waals surface area contributed by atoms with Gasteiger partial charge in [0, 0.05) is 33.6 Å². The van der Waals surface area contributed by atoms with Crippen molar-refractivity contribution in [3.63, 3.8) is 0 Å². The third-order valence-electron chi connectivity index (χ3n) is 4.85. The Kier molecular flexibility index (Phi) is 4.06. The van der Waals surface area contributed by atoms with Crippen LogP contribution in [-0.2, 0) is 12.8 Å². The van der Waals surface area contributed by atoms with Gasteiger partial charge in [0.1, 0.15) is 11.5 Å². The minimum absolute atomic E-state index is 0.199. The van der Waals surface area contributed by atoms with Gasteiger partial charge in [-0.3, -0.25) is 0 Å². The molecule has 0 unspecified atom stereocenters. The quantitative estimate of drug-likeness (QED) is 0.331. The highest BCUT2D eigenvalue weighted by Gasteiger charge is 2.20. The van der Waals surface area contributed by atoms with Crippen molar-refractivity contribution in [2.45, 2.75) is 12.8 Å². The van der Waals surface area contributed by atoms with Gasteiger partial charge < -0.3 is 31.6 Å². The van der Waals surface area contributed by atoms with E-state index in [1.807, 2.05) is 18.3 Å². The average Bonchev–Trinajstić information content (AvgIpc) is 3.18. The number of hydrogen-bond donors (Lipinski definition) is 6. The maximum absolute atomic E-state index is 10.7. The van der Waals surface area contributed by atoms with E-state index >= 15 is 0 Å². The molecule has 0 bridgehead atoms. The fourth-order valence-electron chi connectivity index (χ4n) is 3.74. The van der Waals surface area contributed by atoms with E-state index in [4.69, 9.17) is 11.5 Å². The van der Waals surface area contributed by atoms with E-state index in [1.54, 1.807) is 18.2 Å². The van der Waals surface area contributed by atoms with Gasteiger partial charge in [-0.2, -0.15) is 0 Å². The van der Waals surface area contributed by atoms with E-state index in [0.717, 1.165) is 44.2 Å². The summed E-state index contributed by atoms with van der Waals surface area (Å²) in [6.07, 6.45) is 3.28. The van der Waals surface area contributed by atoms with Crippen LogP contribution in [0.4, 0.5) is 0 Å². The SMILES string of the molecule is NCCc1c(-c2c(O)ccc3[nH]cc(CCN)c23)[nH]c2ccc(O)cc12. The molecule has 0 saturated heterocycles. The molecular weight excluding hydrogens is 328 g/mol. The zero-order chi connectivity index (χ0) is 18.3. The molecule has 134 valence electrons. The molecule has 26 heavy (non-hydrogen) atoms. The molecule has 2 heterocycles. The topological polar surface area (TPSA) is 124 Å². The van der Waals surface area contributed by atoms with Crippen LogP contribution >= 0.6 is 0 Å². The van der Waals surface area contributed by atoms with Crippen LogP contribution in [0.15, 0.2) is 36.5 Å². The summed E-state index contributed by atoms with van der Waals surface area (Å²) in [5, 5.41) is 22.5. The van der Waals surface area contributed by atoms with Gasteiger partial charge in [-0.1, -0.05) is 0 Å². The lowest BCUT2D eigenvalue weighted by molar-refractivity contribution is 0.476. The summed E-state index contributed by atoms with van der Waals surface area (Å²) in [6, 6.07) is 8.77. The first-order chi connectivity index (χ1) is 12.6. The molecule has 0 aliphatic rings. The highest BCUT2D eigenvalue weighted by molar-refractivity contribution is 6.04. The zero-order valence-electron chi connectivity index (χ0n) is 14.3. The Labute approximate surface area is 150 Å². The molecule has 6 nitrogen and oxygen atoms in total. The van der Waals surface area contributed by atoms with Crippen LogP contribution in [0.25, 0.3) is 33.1 Å². The van der Waals surface area contributed by atoms with Crippen LogP contribution in [0.1, 0.15) is 11.1 Å².